The van der Waals surface area contributed by atoms with Crippen LogP contribution in [0.15, 0.2) is 58.2 Å². The Kier molecular flexibility index (Phi) is 4.71. The maximum atomic E-state index is 12.0. The largest absolute Gasteiger partial charge is 0.494 e. The van der Waals surface area contributed by atoms with Gasteiger partial charge in [0, 0.05) is 5.56 Å². The Bertz CT molecular complexity index is 837. The number of nitrogens with zero attached hydrogens (tertiary/aromatic N) is 2. The zero-order chi connectivity index (χ0) is 16.8. The zero-order valence-corrected chi connectivity index (χ0v) is 13.0. The Morgan fingerprint density at radius 1 is 1.38 bits per heavy atom. The molecule has 0 fully saturated rings. The Morgan fingerprint density at radius 3 is 3.08 bits per heavy atom. The average molecular weight is 324 g/mol. The second-order valence-electron chi connectivity index (χ2n) is 4.84. The number of ether oxygens (including phenoxy) is 1. The van der Waals surface area contributed by atoms with Crippen LogP contribution >= 0.6 is 0 Å². The number of carbonyl (C=O) groups is 1. The number of hydrogen-bond acceptors (Lipinski definition) is 5. The highest BCUT2D eigenvalue weighted by atomic mass is 16.5. The number of aromatic nitrogens is 2. The molecule has 2 N–H and O–H groups in total. The monoisotopic (exact) mass is 324 g/mol. The standard InChI is InChI=1S/C17H16N4O3/c1-2-23-13-6-3-5-12(9-13)15-10-16(20-19-15)17(22)21-18-11-14-7-4-8-24-14/h3-11H,2H2,1H3,(H,19,20)(H,21,22)/b18-11+. The van der Waals surface area contributed by atoms with Gasteiger partial charge in [0.05, 0.1) is 24.8 Å². The van der Waals surface area contributed by atoms with E-state index in [1.54, 1.807) is 18.2 Å². The molecule has 2 heterocycles. The number of nitrogens with one attached hydrogen (secondary N) is 2. The highest BCUT2D eigenvalue weighted by Gasteiger charge is 2.11. The van der Waals surface area contributed by atoms with E-state index in [0.29, 0.717) is 23.8 Å². The van der Waals surface area contributed by atoms with Gasteiger partial charge < -0.3 is 9.15 Å². The van der Waals surface area contributed by atoms with Crippen molar-refractivity contribution < 1.29 is 13.9 Å². The van der Waals surface area contributed by atoms with E-state index in [-0.39, 0.29) is 0 Å². The molecule has 1 amide bonds. The van der Waals surface area contributed by atoms with Crippen molar-refractivity contribution in [2.45, 2.75) is 6.92 Å². The van der Waals surface area contributed by atoms with E-state index >= 15 is 0 Å². The van der Waals surface area contributed by atoms with E-state index in [1.807, 2.05) is 31.2 Å². The molecule has 0 spiro atoms. The number of carbonyl (C=O) groups excluding carboxylic acids is 1. The predicted octanol–water partition coefficient (Wildman–Crippen LogP) is 2.83. The van der Waals surface area contributed by atoms with Crippen LogP contribution in [0.3, 0.4) is 0 Å². The molecule has 0 saturated heterocycles. The van der Waals surface area contributed by atoms with Gasteiger partial charge in [0.25, 0.3) is 5.91 Å². The van der Waals surface area contributed by atoms with E-state index < -0.39 is 5.91 Å². The number of furan rings is 1. The number of rotatable bonds is 6. The summed E-state index contributed by atoms with van der Waals surface area (Å²) in [6.07, 6.45) is 2.95. The molecule has 7 nitrogen and oxygen atoms in total. The van der Waals surface area contributed by atoms with Crippen LogP contribution in [0.1, 0.15) is 23.2 Å². The summed E-state index contributed by atoms with van der Waals surface area (Å²) in [7, 11) is 0. The van der Waals surface area contributed by atoms with Gasteiger partial charge in [-0.05, 0) is 37.3 Å². The minimum atomic E-state index is -0.391. The van der Waals surface area contributed by atoms with E-state index in [1.165, 1.54) is 12.5 Å². The van der Waals surface area contributed by atoms with Crippen LogP contribution in [-0.2, 0) is 0 Å². The average Bonchev–Trinajstić information content (AvgIpc) is 3.27. The van der Waals surface area contributed by atoms with Crippen LogP contribution in [0.25, 0.3) is 11.3 Å². The highest BCUT2D eigenvalue weighted by Crippen LogP contribution is 2.22. The molecular weight excluding hydrogens is 308 g/mol. The molecule has 0 unspecified atom stereocenters. The zero-order valence-electron chi connectivity index (χ0n) is 13.0. The maximum Gasteiger partial charge on any atom is 0.289 e. The fraction of sp³-hybridized carbons (Fsp3) is 0.118. The molecule has 122 valence electrons. The van der Waals surface area contributed by atoms with Crippen molar-refractivity contribution in [2.24, 2.45) is 5.10 Å². The third kappa shape index (κ3) is 3.70. The lowest BCUT2D eigenvalue weighted by Crippen LogP contribution is -2.17. The summed E-state index contributed by atoms with van der Waals surface area (Å²) in [6, 6.07) is 12.6. The third-order valence-electron chi connectivity index (χ3n) is 3.16. The van der Waals surface area contributed by atoms with E-state index in [2.05, 4.69) is 20.7 Å². The van der Waals surface area contributed by atoms with Crippen LogP contribution in [0.5, 0.6) is 5.75 Å². The lowest BCUT2D eigenvalue weighted by atomic mass is 10.1. The summed E-state index contributed by atoms with van der Waals surface area (Å²) >= 11 is 0. The van der Waals surface area contributed by atoms with Crippen molar-refractivity contribution in [1.82, 2.24) is 15.6 Å². The lowest BCUT2D eigenvalue weighted by Gasteiger charge is -2.03. The molecular formula is C17H16N4O3. The quantitative estimate of drug-likeness (QED) is 0.538. The van der Waals surface area contributed by atoms with Gasteiger partial charge in [0.15, 0.2) is 0 Å². The number of amides is 1. The van der Waals surface area contributed by atoms with Gasteiger partial charge in [-0.3, -0.25) is 9.89 Å². The van der Waals surface area contributed by atoms with Crippen molar-refractivity contribution >= 4 is 12.1 Å². The molecule has 7 heteroatoms. The maximum absolute atomic E-state index is 12.0. The minimum absolute atomic E-state index is 0.309. The smallest absolute Gasteiger partial charge is 0.289 e. The van der Waals surface area contributed by atoms with Gasteiger partial charge in [-0.2, -0.15) is 10.2 Å². The van der Waals surface area contributed by atoms with Crippen molar-refractivity contribution in [2.75, 3.05) is 6.61 Å². The molecule has 0 aliphatic heterocycles. The summed E-state index contributed by atoms with van der Waals surface area (Å²) in [4.78, 5) is 12.0. The first-order chi connectivity index (χ1) is 11.8. The number of hydrazone groups is 1. The van der Waals surface area contributed by atoms with Gasteiger partial charge >= 0.3 is 0 Å². The predicted molar refractivity (Wildman–Crippen MR) is 89.0 cm³/mol. The lowest BCUT2D eigenvalue weighted by molar-refractivity contribution is 0.0950. The molecule has 3 aromatic rings. The fourth-order valence-corrected chi connectivity index (χ4v) is 2.08. The van der Waals surface area contributed by atoms with Gasteiger partial charge in [0.1, 0.15) is 17.2 Å². The van der Waals surface area contributed by atoms with Crippen LogP contribution in [-0.4, -0.2) is 28.9 Å². The Balaban J connectivity index is 1.68. The molecule has 0 aliphatic rings. The summed E-state index contributed by atoms with van der Waals surface area (Å²) in [5.74, 6) is 0.915. The first kappa shape index (κ1) is 15.5. The first-order valence-corrected chi connectivity index (χ1v) is 7.42. The highest BCUT2D eigenvalue weighted by molar-refractivity contribution is 5.93. The van der Waals surface area contributed by atoms with Gasteiger partial charge in [-0.1, -0.05) is 12.1 Å². The van der Waals surface area contributed by atoms with Crippen LogP contribution in [0, 0.1) is 0 Å². The molecule has 2 aromatic heterocycles. The van der Waals surface area contributed by atoms with Crippen molar-refractivity contribution in [3.05, 3.63) is 60.2 Å². The Labute approximate surface area is 138 Å². The number of hydrogen-bond donors (Lipinski definition) is 2. The Hall–Kier alpha value is -3.35. The third-order valence-corrected chi connectivity index (χ3v) is 3.16. The second-order valence-corrected chi connectivity index (χ2v) is 4.84. The first-order valence-electron chi connectivity index (χ1n) is 7.42. The van der Waals surface area contributed by atoms with Crippen LogP contribution in [0.2, 0.25) is 0 Å². The Morgan fingerprint density at radius 2 is 2.29 bits per heavy atom. The fourth-order valence-electron chi connectivity index (χ4n) is 2.08. The van der Waals surface area contributed by atoms with Gasteiger partial charge in [-0.25, -0.2) is 5.43 Å². The van der Waals surface area contributed by atoms with Crippen LogP contribution < -0.4 is 10.2 Å². The number of benzene rings is 1. The van der Waals surface area contributed by atoms with Crippen molar-refractivity contribution in [3.63, 3.8) is 0 Å². The van der Waals surface area contributed by atoms with Crippen LogP contribution in [0.4, 0.5) is 0 Å². The summed E-state index contributed by atoms with van der Waals surface area (Å²) < 4.78 is 10.5. The minimum Gasteiger partial charge on any atom is -0.494 e. The van der Waals surface area contributed by atoms with E-state index in [4.69, 9.17) is 9.15 Å². The normalized spacial score (nSPS) is 10.9. The topological polar surface area (TPSA) is 92.5 Å². The van der Waals surface area contributed by atoms with E-state index in [0.717, 1.165) is 11.3 Å². The van der Waals surface area contributed by atoms with E-state index in [9.17, 15) is 4.79 Å². The van der Waals surface area contributed by atoms with Crippen molar-refractivity contribution in [3.8, 4) is 17.0 Å². The molecule has 3 rings (SSSR count). The number of H-pyrrole nitrogens is 1. The summed E-state index contributed by atoms with van der Waals surface area (Å²) in [5.41, 5.74) is 4.22. The molecule has 0 saturated carbocycles. The summed E-state index contributed by atoms with van der Waals surface area (Å²) in [5, 5.41) is 10.7. The summed E-state index contributed by atoms with van der Waals surface area (Å²) in [6.45, 7) is 2.51. The van der Waals surface area contributed by atoms with Gasteiger partial charge in [-0.15, -0.1) is 0 Å². The van der Waals surface area contributed by atoms with Crippen molar-refractivity contribution in [1.29, 1.82) is 0 Å². The molecule has 0 aliphatic carbocycles. The molecule has 24 heavy (non-hydrogen) atoms. The molecule has 0 atom stereocenters. The molecule has 1 aromatic carbocycles. The van der Waals surface area contributed by atoms with Gasteiger partial charge in [0.2, 0.25) is 0 Å². The number of aromatic amines is 1. The molecule has 0 radical (unpaired) electrons. The SMILES string of the molecule is CCOc1cccc(-c2cc(C(=O)N/N=C/c3ccco3)[nH]n2)c1. The second kappa shape index (κ2) is 7.28. The molecule has 0 bridgehead atoms.